The molecule has 1 heterocycles. The van der Waals surface area contributed by atoms with Crippen molar-refractivity contribution < 1.29 is 0 Å². The van der Waals surface area contributed by atoms with Gasteiger partial charge in [0, 0.05) is 13.6 Å². The highest BCUT2D eigenvalue weighted by molar-refractivity contribution is 5.53. The van der Waals surface area contributed by atoms with Crippen LogP contribution < -0.4 is 10.6 Å². The Bertz CT molecular complexity index is 356. The second-order valence-electron chi connectivity index (χ2n) is 5.08. The first-order valence-electron chi connectivity index (χ1n) is 6.03. The molecule has 1 aromatic rings. The Morgan fingerprint density at radius 1 is 1.31 bits per heavy atom. The molecule has 88 valence electrons. The highest BCUT2D eigenvalue weighted by Crippen LogP contribution is 2.51. The van der Waals surface area contributed by atoms with Gasteiger partial charge in [-0.15, -0.1) is 0 Å². The average molecular weight is 219 g/mol. The van der Waals surface area contributed by atoms with Gasteiger partial charge in [-0.3, -0.25) is 4.98 Å². The number of pyridine rings is 1. The van der Waals surface area contributed by atoms with Gasteiger partial charge in [0.1, 0.15) is 0 Å². The zero-order valence-electron chi connectivity index (χ0n) is 10.4. The van der Waals surface area contributed by atoms with E-state index in [-0.39, 0.29) is 0 Å². The van der Waals surface area contributed by atoms with Crippen LogP contribution in [0.3, 0.4) is 0 Å². The smallest absolute Gasteiger partial charge is 0.0547 e. The minimum Gasteiger partial charge on any atom is -0.387 e. The van der Waals surface area contributed by atoms with Gasteiger partial charge in [0.2, 0.25) is 0 Å². The van der Waals surface area contributed by atoms with Gasteiger partial charge in [-0.25, -0.2) is 0 Å². The fraction of sp³-hybridized carbons (Fsp3) is 0.615. The average Bonchev–Trinajstić information content (AvgIpc) is 3.08. The molecule has 0 aromatic carbocycles. The Hall–Kier alpha value is -1.25. The van der Waals surface area contributed by atoms with Crippen LogP contribution in [0.2, 0.25) is 0 Å². The maximum absolute atomic E-state index is 4.20. The highest BCUT2D eigenvalue weighted by Gasteiger charge is 2.44. The van der Waals surface area contributed by atoms with Crippen LogP contribution in [0.1, 0.15) is 26.7 Å². The maximum Gasteiger partial charge on any atom is 0.0547 e. The van der Waals surface area contributed by atoms with E-state index in [1.807, 2.05) is 19.4 Å². The predicted octanol–water partition coefficient (Wildman–Crippen LogP) is 2.97. The standard InChI is InChI=1S/C13H21N3/c1-10(2)13(4-5-13)9-16-12-6-11(14-3)7-15-8-12/h6-8,10,14,16H,4-5,9H2,1-3H3. The molecule has 0 radical (unpaired) electrons. The van der Waals surface area contributed by atoms with E-state index in [1.165, 1.54) is 12.8 Å². The second-order valence-corrected chi connectivity index (χ2v) is 5.08. The number of aromatic nitrogens is 1. The van der Waals surface area contributed by atoms with E-state index in [9.17, 15) is 0 Å². The van der Waals surface area contributed by atoms with Crippen LogP contribution in [0.25, 0.3) is 0 Å². The molecule has 3 nitrogen and oxygen atoms in total. The van der Waals surface area contributed by atoms with Crippen LogP contribution in [0.15, 0.2) is 18.5 Å². The van der Waals surface area contributed by atoms with Crippen LogP contribution in [-0.2, 0) is 0 Å². The second kappa shape index (κ2) is 4.32. The topological polar surface area (TPSA) is 37.0 Å². The monoisotopic (exact) mass is 219 g/mol. The Morgan fingerprint density at radius 3 is 2.56 bits per heavy atom. The van der Waals surface area contributed by atoms with Gasteiger partial charge in [0.15, 0.2) is 0 Å². The first kappa shape index (κ1) is 11.2. The Kier molecular flexibility index (Phi) is 3.03. The summed E-state index contributed by atoms with van der Waals surface area (Å²) in [6.45, 7) is 5.70. The molecule has 0 unspecified atom stereocenters. The highest BCUT2D eigenvalue weighted by atomic mass is 14.9. The van der Waals surface area contributed by atoms with Gasteiger partial charge in [-0.05, 0) is 30.2 Å². The van der Waals surface area contributed by atoms with Crippen LogP contribution in [0, 0.1) is 11.3 Å². The lowest BCUT2D eigenvalue weighted by molar-refractivity contribution is 0.380. The summed E-state index contributed by atoms with van der Waals surface area (Å²) in [7, 11) is 1.91. The third-order valence-electron chi connectivity index (χ3n) is 3.79. The lowest BCUT2D eigenvalue weighted by Gasteiger charge is -2.20. The number of nitrogens with one attached hydrogen (secondary N) is 2. The van der Waals surface area contributed by atoms with Crippen molar-refractivity contribution >= 4 is 11.4 Å². The normalized spacial score (nSPS) is 17.2. The molecule has 2 N–H and O–H groups in total. The van der Waals surface area contributed by atoms with Crippen molar-refractivity contribution in [2.24, 2.45) is 11.3 Å². The molecule has 0 amide bonds. The molecule has 1 aromatic heterocycles. The quantitative estimate of drug-likeness (QED) is 0.799. The Balaban J connectivity index is 1.94. The molecule has 1 fully saturated rings. The zero-order chi connectivity index (χ0) is 11.6. The number of rotatable bonds is 5. The van der Waals surface area contributed by atoms with Crippen molar-refractivity contribution in [2.45, 2.75) is 26.7 Å². The van der Waals surface area contributed by atoms with Crippen molar-refractivity contribution in [2.75, 3.05) is 24.2 Å². The van der Waals surface area contributed by atoms with E-state index in [1.54, 1.807) is 0 Å². The first-order valence-corrected chi connectivity index (χ1v) is 6.03. The SMILES string of the molecule is CNc1cncc(NCC2(C(C)C)CC2)c1. The van der Waals surface area contributed by atoms with Gasteiger partial charge in [0.05, 0.1) is 23.8 Å². The maximum atomic E-state index is 4.20. The fourth-order valence-electron chi connectivity index (χ4n) is 2.07. The van der Waals surface area contributed by atoms with Gasteiger partial charge in [-0.2, -0.15) is 0 Å². The lowest BCUT2D eigenvalue weighted by Crippen LogP contribution is -2.20. The molecule has 0 bridgehead atoms. The Labute approximate surface area is 97.7 Å². The van der Waals surface area contributed by atoms with E-state index in [0.29, 0.717) is 5.41 Å². The number of hydrogen-bond acceptors (Lipinski definition) is 3. The van der Waals surface area contributed by atoms with Gasteiger partial charge in [0.25, 0.3) is 0 Å². The molecule has 0 atom stereocenters. The van der Waals surface area contributed by atoms with Crippen molar-refractivity contribution in [1.82, 2.24) is 4.98 Å². The molecule has 16 heavy (non-hydrogen) atoms. The van der Waals surface area contributed by atoms with Crippen LogP contribution in [0.5, 0.6) is 0 Å². The summed E-state index contributed by atoms with van der Waals surface area (Å²) < 4.78 is 0. The summed E-state index contributed by atoms with van der Waals surface area (Å²) in [5.41, 5.74) is 2.70. The summed E-state index contributed by atoms with van der Waals surface area (Å²) in [4.78, 5) is 4.20. The summed E-state index contributed by atoms with van der Waals surface area (Å²) in [5.74, 6) is 0.764. The summed E-state index contributed by atoms with van der Waals surface area (Å²) in [5, 5.41) is 6.60. The van der Waals surface area contributed by atoms with E-state index < -0.39 is 0 Å². The summed E-state index contributed by atoms with van der Waals surface area (Å²) >= 11 is 0. The van der Waals surface area contributed by atoms with Crippen molar-refractivity contribution in [3.8, 4) is 0 Å². The largest absolute Gasteiger partial charge is 0.387 e. The zero-order valence-corrected chi connectivity index (χ0v) is 10.4. The van der Waals surface area contributed by atoms with Crippen LogP contribution in [-0.4, -0.2) is 18.6 Å². The first-order chi connectivity index (χ1) is 7.66. The molecule has 2 rings (SSSR count). The number of nitrogens with zero attached hydrogens (tertiary/aromatic N) is 1. The third kappa shape index (κ3) is 2.29. The fourth-order valence-corrected chi connectivity index (χ4v) is 2.07. The minimum absolute atomic E-state index is 0.537. The van der Waals surface area contributed by atoms with Crippen LogP contribution in [0.4, 0.5) is 11.4 Å². The van der Waals surface area contributed by atoms with Crippen molar-refractivity contribution in [3.05, 3.63) is 18.5 Å². The molecule has 0 saturated heterocycles. The van der Waals surface area contributed by atoms with E-state index in [0.717, 1.165) is 23.8 Å². The minimum atomic E-state index is 0.537. The lowest BCUT2D eigenvalue weighted by atomic mass is 9.92. The third-order valence-corrected chi connectivity index (χ3v) is 3.79. The molecule has 3 heteroatoms. The number of hydrogen-bond donors (Lipinski definition) is 2. The summed E-state index contributed by atoms with van der Waals surface area (Å²) in [6.07, 6.45) is 6.44. The predicted molar refractivity (Wildman–Crippen MR) is 68.8 cm³/mol. The molecular formula is C13H21N3. The van der Waals surface area contributed by atoms with Crippen LogP contribution >= 0.6 is 0 Å². The number of anilines is 2. The molecule has 0 spiro atoms. The Morgan fingerprint density at radius 2 is 2.00 bits per heavy atom. The van der Waals surface area contributed by atoms with Gasteiger partial charge in [-0.1, -0.05) is 13.8 Å². The molecular weight excluding hydrogens is 198 g/mol. The van der Waals surface area contributed by atoms with E-state index in [4.69, 9.17) is 0 Å². The van der Waals surface area contributed by atoms with Gasteiger partial charge < -0.3 is 10.6 Å². The summed E-state index contributed by atoms with van der Waals surface area (Å²) in [6, 6.07) is 2.10. The van der Waals surface area contributed by atoms with E-state index >= 15 is 0 Å². The van der Waals surface area contributed by atoms with Gasteiger partial charge >= 0.3 is 0 Å². The molecule has 1 aliphatic carbocycles. The van der Waals surface area contributed by atoms with Crippen molar-refractivity contribution in [3.63, 3.8) is 0 Å². The molecule has 1 saturated carbocycles. The molecule has 0 aliphatic heterocycles. The van der Waals surface area contributed by atoms with E-state index in [2.05, 4.69) is 35.5 Å². The molecule has 1 aliphatic rings. The van der Waals surface area contributed by atoms with Crippen molar-refractivity contribution in [1.29, 1.82) is 0 Å².